The Bertz CT molecular complexity index is 1060. The number of halogens is 2. The Morgan fingerprint density at radius 1 is 1.07 bits per heavy atom. The summed E-state index contributed by atoms with van der Waals surface area (Å²) < 4.78 is 26.8. The molecule has 1 heterocycles. The van der Waals surface area contributed by atoms with Crippen LogP contribution in [0.25, 0.3) is 0 Å². The molecule has 0 saturated carbocycles. The lowest BCUT2D eigenvalue weighted by molar-refractivity contribution is 0.102. The topological polar surface area (TPSA) is 90.7 Å². The number of benzene rings is 2. The third-order valence-corrected chi connectivity index (χ3v) is 3.56. The Balaban J connectivity index is 1.86. The van der Waals surface area contributed by atoms with Crippen LogP contribution in [0.3, 0.4) is 0 Å². The zero-order valence-electron chi connectivity index (χ0n) is 14.1. The van der Waals surface area contributed by atoms with Crippen molar-refractivity contribution >= 4 is 23.2 Å². The maximum absolute atomic E-state index is 13.8. The van der Waals surface area contributed by atoms with E-state index in [9.17, 15) is 13.6 Å². The van der Waals surface area contributed by atoms with Gasteiger partial charge in [0.1, 0.15) is 23.4 Å². The van der Waals surface area contributed by atoms with Gasteiger partial charge in [0.25, 0.3) is 5.91 Å². The normalized spacial score (nSPS) is 10.1. The van der Waals surface area contributed by atoms with Crippen LogP contribution in [0.1, 0.15) is 21.7 Å². The maximum Gasteiger partial charge on any atom is 0.274 e. The molecular formula is C19H13F2N5O. The highest BCUT2D eigenvalue weighted by atomic mass is 19.1. The first-order valence-corrected chi connectivity index (χ1v) is 7.84. The van der Waals surface area contributed by atoms with Crippen molar-refractivity contribution < 1.29 is 13.6 Å². The van der Waals surface area contributed by atoms with E-state index in [1.54, 1.807) is 31.2 Å². The SMILES string of the molecule is Cc1cc(C(=O)Nc2ccccc2C#N)nc(Nc2ccc(F)cc2F)n1. The van der Waals surface area contributed by atoms with Gasteiger partial charge in [-0.05, 0) is 37.3 Å². The number of nitriles is 1. The van der Waals surface area contributed by atoms with Gasteiger partial charge in [-0.15, -0.1) is 0 Å². The van der Waals surface area contributed by atoms with Crippen LogP contribution in [0, 0.1) is 29.9 Å². The number of para-hydroxylation sites is 1. The minimum atomic E-state index is -0.811. The zero-order valence-corrected chi connectivity index (χ0v) is 14.1. The quantitative estimate of drug-likeness (QED) is 0.731. The number of amides is 1. The molecule has 0 unspecified atom stereocenters. The highest BCUT2D eigenvalue weighted by molar-refractivity contribution is 6.03. The second-order valence-electron chi connectivity index (χ2n) is 5.58. The van der Waals surface area contributed by atoms with Crippen LogP contribution in [0.4, 0.5) is 26.1 Å². The van der Waals surface area contributed by atoms with Gasteiger partial charge in [0.2, 0.25) is 5.95 Å². The largest absolute Gasteiger partial charge is 0.322 e. The average Bonchev–Trinajstić information content (AvgIpc) is 2.64. The van der Waals surface area contributed by atoms with Crippen molar-refractivity contribution in [2.24, 2.45) is 0 Å². The number of carbonyl (C=O) groups excluding carboxylic acids is 1. The first kappa shape index (κ1) is 17.9. The summed E-state index contributed by atoms with van der Waals surface area (Å²) in [4.78, 5) is 20.7. The van der Waals surface area contributed by atoms with Crippen LogP contribution in [0.15, 0.2) is 48.5 Å². The molecule has 0 bridgehead atoms. The summed E-state index contributed by atoms with van der Waals surface area (Å²) in [5, 5.41) is 14.3. The summed E-state index contributed by atoms with van der Waals surface area (Å²) >= 11 is 0. The van der Waals surface area contributed by atoms with Crippen LogP contribution in [-0.2, 0) is 0 Å². The zero-order chi connectivity index (χ0) is 19.4. The number of carbonyl (C=O) groups is 1. The highest BCUT2D eigenvalue weighted by Gasteiger charge is 2.14. The van der Waals surface area contributed by atoms with E-state index in [1.807, 2.05) is 6.07 Å². The standard InChI is InChI=1S/C19H13F2N5O/c1-11-8-17(18(27)24-15-5-3-2-4-12(15)10-22)26-19(23-11)25-16-7-6-13(20)9-14(16)21/h2-9H,1H3,(H,24,27)(H,23,25,26). The molecule has 8 heteroatoms. The fourth-order valence-corrected chi connectivity index (χ4v) is 2.33. The average molecular weight is 365 g/mol. The fourth-order valence-electron chi connectivity index (χ4n) is 2.33. The van der Waals surface area contributed by atoms with Gasteiger partial charge < -0.3 is 10.6 Å². The van der Waals surface area contributed by atoms with E-state index < -0.39 is 17.5 Å². The van der Waals surface area contributed by atoms with Crippen molar-refractivity contribution in [2.75, 3.05) is 10.6 Å². The maximum atomic E-state index is 13.8. The van der Waals surface area contributed by atoms with Crippen molar-refractivity contribution in [3.63, 3.8) is 0 Å². The van der Waals surface area contributed by atoms with Gasteiger partial charge in [0.15, 0.2) is 0 Å². The smallest absolute Gasteiger partial charge is 0.274 e. The third-order valence-electron chi connectivity index (χ3n) is 3.56. The van der Waals surface area contributed by atoms with Crippen molar-refractivity contribution in [1.82, 2.24) is 9.97 Å². The van der Waals surface area contributed by atoms with Crippen molar-refractivity contribution in [3.05, 3.63) is 77.1 Å². The molecule has 0 radical (unpaired) electrons. The second kappa shape index (κ2) is 7.58. The van der Waals surface area contributed by atoms with Gasteiger partial charge in [0, 0.05) is 11.8 Å². The number of aromatic nitrogens is 2. The molecule has 1 amide bonds. The molecule has 3 rings (SSSR count). The van der Waals surface area contributed by atoms with E-state index in [2.05, 4.69) is 20.6 Å². The lowest BCUT2D eigenvalue weighted by Crippen LogP contribution is -2.16. The molecule has 0 spiro atoms. The summed E-state index contributed by atoms with van der Waals surface area (Å²) in [5.41, 5.74) is 1.13. The highest BCUT2D eigenvalue weighted by Crippen LogP contribution is 2.20. The van der Waals surface area contributed by atoms with Gasteiger partial charge >= 0.3 is 0 Å². The molecule has 0 aliphatic heterocycles. The summed E-state index contributed by atoms with van der Waals surface area (Å²) in [5.74, 6) is -2.08. The Labute approximate surface area is 153 Å². The number of hydrogen-bond donors (Lipinski definition) is 2. The second-order valence-corrected chi connectivity index (χ2v) is 5.58. The Morgan fingerprint density at radius 2 is 1.85 bits per heavy atom. The molecule has 2 N–H and O–H groups in total. The first-order chi connectivity index (χ1) is 13.0. The fraction of sp³-hybridized carbons (Fsp3) is 0.0526. The number of rotatable bonds is 4. The van der Waals surface area contributed by atoms with Gasteiger partial charge in [-0.3, -0.25) is 4.79 Å². The molecule has 2 aromatic carbocycles. The van der Waals surface area contributed by atoms with Crippen LogP contribution >= 0.6 is 0 Å². The van der Waals surface area contributed by atoms with E-state index in [0.29, 0.717) is 16.9 Å². The van der Waals surface area contributed by atoms with Crippen molar-refractivity contribution in [3.8, 4) is 6.07 Å². The van der Waals surface area contributed by atoms with E-state index in [0.717, 1.165) is 12.1 Å². The Kier molecular flexibility index (Phi) is 5.04. The molecule has 0 aliphatic rings. The van der Waals surface area contributed by atoms with Crippen molar-refractivity contribution in [2.45, 2.75) is 6.92 Å². The predicted molar refractivity (Wildman–Crippen MR) is 95.5 cm³/mol. The van der Waals surface area contributed by atoms with E-state index in [4.69, 9.17) is 5.26 Å². The number of nitrogens with one attached hydrogen (secondary N) is 2. The molecule has 1 aromatic heterocycles. The molecule has 6 nitrogen and oxygen atoms in total. The molecular weight excluding hydrogens is 352 g/mol. The van der Waals surface area contributed by atoms with Gasteiger partial charge in [-0.1, -0.05) is 12.1 Å². The first-order valence-electron chi connectivity index (χ1n) is 7.84. The number of hydrogen-bond acceptors (Lipinski definition) is 5. The van der Waals surface area contributed by atoms with Crippen molar-refractivity contribution in [1.29, 1.82) is 5.26 Å². The van der Waals surface area contributed by atoms with E-state index in [1.165, 1.54) is 12.1 Å². The van der Waals surface area contributed by atoms with Crippen LogP contribution < -0.4 is 10.6 Å². The lowest BCUT2D eigenvalue weighted by atomic mass is 10.2. The Hall–Kier alpha value is -3.86. The van der Waals surface area contributed by atoms with Crippen LogP contribution in [0.2, 0.25) is 0 Å². The van der Waals surface area contributed by atoms with Crippen LogP contribution in [0.5, 0.6) is 0 Å². The number of aryl methyl sites for hydroxylation is 1. The van der Waals surface area contributed by atoms with Gasteiger partial charge in [0.05, 0.1) is 16.9 Å². The molecule has 0 fully saturated rings. The minimum absolute atomic E-state index is 0.0146. The van der Waals surface area contributed by atoms with E-state index >= 15 is 0 Å². The van der Waals surface area contributed by atoms with Gasteiger partial charge in [-0.2, -0.15) is 5.26 Å². The number of nitrogens with zero attached hydrogens (tertiary/aromatic N) is 3. The minimum Gasteiger partial charge on any atom is -0.322 e. The van der Waals surface area contributed by atoms with Crippen LogP contribution in [-0.4, -0.2) is 15.9 Å². The predicted octanol–water partition coefficient (Wildman–Crippen LogP) is 3.93. The molecule has 3 aromatic rings. The Morgan fingerprint density at radius 3 is 2.59 bits per heavy atom. The summed E-state index contributed by atoms with van der Waals surface area (Å²) in [6.45, 7) is 1.65. The third kappa shape index (κ3) is 4.22. The summed E-state index contributed by atoms with van der Waals surface area (Å²) in [6, 6.07) is 13.0. The number of anilines is 3. The lowest BCUT2D eigenvalue weighted by Gasteiger charge is -2.10. The molecule has 134 valence electrons. The monoisotopic (exact) mass is 365 g/mol. The summed E-state index contributed by atoms with van der Waals surface area (Å²) in [6.07, 6.45) is 0. The molecule has 0 aliphatic carbocycles. The molecule has 0 saturated heterocycles. The molecule has 0 atom stereocenters. The molecule has 27 heavy (non-hydrogen) atoms. The van der Waals surface area contributed by atoms with Gasteiger partial charge in [-0.25, -0.2) is 18.7 Å². The summed E-state index contributed by atoms with van der Waals surface area (Å²) in [7, 11) is 0. The van der Waals surface area contributed by atoms with E-state index in [-0.39, 0.29) is 17.3 Å².